The normalized spacial score (nSPS) is 18.3. The number of piperidine rings is 1. The molecule has 0 radical (unpaired) electrons. The molecule has 1 aliphatic heterocycles. The lowest BCUT2D eigenvalue weighted by atomic mass is 10.1. The standard InChI is InChI=1S/C20H23FN2O3S/c1-14-6-9-17(21)13-19(14)22-20(24)16-7-10-18(11-8-16)27(25,26)23-12-4-3-5-15(23)2/h6-11,13,15H,3-5,12H2,1-2H3,(H,22,24). The van der Waals surface area contributed by atoms with Gasteiger partial charge in [0.1, 0.15) is 5.82 Å². The zero-order chi connectivity index (χ0) is 19.6. The first kappa shape index (κ1) is 19.5. The second-order valence-electron chi connectivity index (χ2n) is 6.90. The maximum Gasteiger partial charge on any atom is 0.255 e. The fraction of sp³-hybridized carbons (Fsp3) is 0.350. The SMILES string of the molecule is Cc1ccc(F)cc1NC(=O)c1ccc(S(=O)(=O)N2CCCCC2C)cc1. The van der Waals surface area contributed by atoms with Crippen LogP contribution in [0.2, 0.25) is 0 Å². The Balaban J connectivity index is 1.78. The van der Waals surface area contributed by atoms with Gasteiger partial charge in [0.2, 0.25) is 10.0 Å². The second kappa shape index (κ2) is 7.78. The van der Waals surface area contributed by atoms with E-state index in [0.717, 1.165) is 24.8 Å². The van der Waals surface area contributed by atoms with E-state index in [-0.39, 0.29) is 10.9 Å². The summed E-state index contributed by atoms with van der Waals surface area (Å²) in [6, 6.07) is 9.99. The van der Waals surface area contributed by atoms with E-state index in [4.69, 9.17) is 0 Å². The number of nitrogens with one attached hydrogen (secondary N) is 1. The minimum absolute atomic E-state index is 0.0253. The van der Waals surface area contributed by atoms with Crippen LogP contribution in [0.3, 0.4) is 0 Å². The van der Waals surface area contributed by atoms with Crippen molar-refractivity contribution in [1.29, 1.82) is 0 Å². The number of hydrogen-bond acceptors (Lipinski definition) is 3. The Hall–Kier alpha value is -2.25. The van der Waals surface area contributed by atoms with Crippen LogP contribution in [0.15, 0.2) is 47.4 Å². The molecule has 2 aromatic rings. The highest BCUT2D eigenvalue weighted by Crippen LogP contribution is 2.25. The summed E-state index contributed by atoms with van der Waals surface area (Å²) in [5.74, 6) is -0.855. The quantitative estimate of drug-likeness (QED) is 0.860. The second-order valence-corrected chi connectivity index (χ2v) is 8.79. The third-order valence-electron chi connectivity index (χ3n) is 4.91. The average molecular weight is 390 g/mol. The van der Waals surface area contributed by atoms with Gasteiger partial charge in [0.05, 0.1) is 4.90 Å². The van der Waals surface area contributed by atoms with Crippen molar-refractivity contribution < 1.29 is 17.6 Å². The predicted octanol–water partition coefficient (Wildman–Crippen LogP) is 3.95. The molecular weight excluding hydrogens is 367 g/mol. The van der Waals surface area contributed by atoms with Crippen LogP contribution in [-0.4, -0.2) is 31.2 Å². The van der Waals surface area contributed by atoms with Gasteiger partial charge in [-0.05, 0) is 68.7 Å². The fourth-order valence-corrected chi connectivity index (χ4v) is 4.97. The molecule has 2 aromatic carbocycles. The van der Waals surface area contributed by atoms with Gasteiger partial charge < -0.3 is 5.32 Å². The van der Waals surface area contributed by atoms with Crippen LogP contribution in [-0.2, 0) is 10.0 Å². The van der Waals surface area contributed by atoms with Gasteiger partial charge in [0.15, 0.2) is 0 Å². The zero-order valence-corrected chi connectivity index (χ0v) is 16.2. The van der Waals surface area contributed by atoms with Crippen LogP contribution >= 0.6 is 0 Å². The van der Waals surface area contributed by atoms with Crippen molar-refractivity contribution in [2.45, 2.75) is 44.0 Å². The van der Waals surface area contributed by atoms with Gasteiger partial charge in [0, 0.05) is 23.8 Å². The van der Waals surface area contributed by atoms with Crippen molar-refractivity contribution in [3.05, 3.63) is 59.4 Å². The van der Waals surface area contributed by atoms with Crippen LogP contribution in [0.1, 0.15) is 42.1 Å². The third kappa shape index (κ3) is 4.20. The molecule has 1 N–H and O–H groups in total. The molecule has 1 saturated heterocycles. The van der Waals surface area contributed by atoms with Crippen molar-refractivity contribution in [3.8, 4) is 0 Å². The maximum absolute atomic E-state index is 13.4. The molecule has 0 aromatic heterocycles. The number of carbonyl (C=O) groups is 1. The monoisotopic (exact) mass is 390 g/mol. The molecule has 7 heteroatoms. The lowest BCUT2D eigenvalue weighted by Crippen LogP contribution is -2.41. The van der Waals surface area contributed by atoms with E-state index in [2.05, 4.69) is 5.32 Å². The van der Waals surface area contributed by atoms with Gasteiger partial charge in [0.25, 0.3) is 5.91 Å². The molecule has 1 atom stereocenters. The molecule has 0 bridgehead atoms. The first-order valence-corrected chi connectivity index (χ1v) is 10.4. The van der Waals surface area contributed by atoms with E-state index in [0.29, 0.717) is 17.8 Å². The molecule has 0 aliphatic carbocycles. The van der Waals surface area contributed by atoms with Crippen molar-refractivity contribution in [2.24, 2.45) is 0 Å². The Morgan fingerprint density at radius 2 is 1.85 bits per heavy atom. The molecule has 1 amide bonds. The maximum atomic E-state index is 13.4. The average Bonchev–Trinajstić information content (AvgIpc) is 2.65. The van der Waals surface area contributed by atoms with Crippen LogP contribution in [0.5, 0.6) is 0 Å². The van der Waals surface area contributed by atoms with Crippen molar-refractivity contribution in [1.82, 2.24) is 4.31 Å². The number of carbonyl (C=O) groups excluding carboxylic acids is 1. The molecule has 1 heterocycles. The molecule has 0 saturated carbocycles. The zero-order valence-electron chi connectivity index (χ0n) is 15.4. The summed E-state index contributed by atoms with van der Waals surface area (Å²) in [5.41, 5.74) is 1.44. The molecule has 1 aliphatic rings. The molecule has 5 nitrogen and oxygen atoms in total. The number of aryl methyl sites for hydroxylation is 1. The van der Waals surface area contributed by atoms with E-state index >= 15 is 0 Å². The summed E-state index contributed by atoms with van der Waals surface area (Å²) in [7, 11) is -3.57. The first-order valence-electron chi connectivity index (χ1n) is 8.98. The van der Waals surface area contributed by atoms with Crippen LogP contribution in [0.25, 0.3) is 0 Å². The van der Waals surface area contributed by atoms with E-state index in [1.165, 1.54) is 40.7 Å². The molecule has 144 valence electrons. The smallest absolute Gasteiger partial charge is 0.255 e. The number of sulfonamides is 1. The van der Waals surface area contributed by atoms with Gasteiger partial charge in [-0.1, -0.05) is 12.5 Å². The van der Waals surface area contributed by atoms with E-state index in [1.807, 2.05) is 6.92 Å². The van der Waals surface area contributed by atoms with E-state index < -0.39 is 21.7 Å². The number of rotatable bonds is 4. The van der Waals surface area contributed by atoms with Gasteiger partial charge in [-0.15, -0.1) is 0 Å². The number of nitrogens with zero attached hydrogens (tertiary/aromatic N) is 1. The van der Waals surface area contributed by atoms with Crippen LogP contribution in [0, 0.1) is 12.7 Å². The highest BCUT2D eigenvalue weighted by molar-refractivity contribution is 7.89. The topological polar surface area (TPSA) is 66.5 Å². The lowest BCUT2D eigenvalue weighted by Gasteiger charge is -2.32. The molecule has 1 fully saturated rings. The summed E-state index contributed by atoms with van der Waals surface area (Å²) in [4.78, 5) is 12.6. The molecular formula is C20H23FN2O3S. The number of hydrogen-bond donors (Lipinski definition) is 1. The van der Waals surface area contributed by atoms with E-state index in [1.54, 1.807) is 13.0 Å². The Morgan fingerprint density at radius 3 is 2.52 bits per heavy atom. The van der Waals surface area contributed by atoms with Gasteiger partial charge in [-0.2, -0.15) is 4.31 Å². The highest BCUT2D eigenvalue weighted by atomic mass is 32.2. The summed E-state index contributed by atoms with van der Waals surface area (Å²) < 4.78 is 40.6. The first-order chi connectivity index (χ1) is 12.8. The third-order valence-corrected chi connectivity index (χ3v) is 6.94. The van der Waals surface area contributed by atoms with Crippen molar-refractivity contribution in [2.75, 3.05) is 11.9 Å². The number of anilines is 1. The number of benzene rings is 2. The molecule has 1 unspecified atom stereocenters. The predicted molar refractivity (Wildman–Crippen MR) is 103 cm³/mol. The van der Waals surface area contributed by atoms with Crippen LogP contribution in [0.4, 0.5) is 10.1 Å². The lowest BCUT2D eigenvalue weighted by molar-refractivity contribution is 0.102. The minimum atomic E-state index is -3.57. The Kier molecular flexibility index (Phi) is 5.62. The summed E-state index contributed by atoms with van der Waals surface area (Å²) in [5, 5.41) is 2.66. The van der Waals surface area contributed by atoms with Gasteiger partial charge >= 0.3 is 0 Å². The van der Waals surface area contributed by atoms with Crippen molar-refractivity contribution in [3.63, 3.8) is 0 Å². The Bertz CT molecular complexity index is 942. The highest BCUT2D eigenvalue weighted by Gasteiger charge is 2.30. The van der Waals surface area contributed by atoms with Gasteiger partial charge in [-0.3, -0.25) is 4.79 Å². The Morgan fingerprint density at radius 1 is 1.15 bits per heavy atom. The molecule has 27 heavy (non-hydrogen) atoms. The Labute approximate surface area is 159 Å². The van der Waals surface area contributed by atoms with Crippen LogP contribution < -0.4 is 5.32 Å². The number of amides is 1. The fourth-order valence-electron chi connectivity index (χ4n) is 3.27. The largest absolute Gasteiger partial charge is 0.322 e. The minimum Gasteiger partial charge on any atom is -0.322 e. The van der Waals surface area contributed by atoms with E-state index in [9.17, 15) is 17.6 Å². The van der Waals surface area contributed by atoms with Crippen molar-refractivity contribution >= 4 is 21.6 Å². The summed E-state index contributed by atoms with van der Waals surface area (Å²) in [6.45, 7) is 4.20. The summed E-state index contributed by atoms with van der Waals surface area (Å²) in [6.07, 6.45) is 2.75. The summed E-state index contributed by atoms with van der Waals surface area (Å²) >= 11 is 0. The number of halogens is 1. The van der Waals surface area contributed by atoms with Gasteiger partial charge in [-0.25, -0.2) is 12.8 Å². The molecule has 3 rings (SSSR count). The molecule has 0 spiro atoms.